The quantitative estimate of drug-likeness (QED) is 0.883. The van der Waals surface area contributed by atoms with Gasteiger partial charge in [-0.05, 0) is 36.0 Å². The molecule has 1 heterocycles. The molecule has 27 heavy (non-hydrogen) atoms. The molecule has 0 fully saturated rings. The molecular formula is C21H19N3O3. The second-order valence-electron chi connectivity index (χ2n) is 7.20. The highest BCUT2D eigenvalue weighted by Crippen LogP contribution is 2.53. The van der Waals surface area contributed by atoms with Crippen LogP contribution in [0.3, 0.4) is 0 Å². The number of nitriles is 1. The maximum absolute atomic E-state index is 12.7. The largest absolute Gasteiger partial charge is 0.386 e. The number of carbonyl (C=O) groups is 2. The summed E-state index contributed by atoms with van der Waals surface area (Å²) in [7, 11) is 0. The van der Waals surface area contributed by atoms with Crippen LogP contribution in [0.5, 0.6) is 0 Å². The highest BCUT2D eigenvalue weighted by atomic mass is 16.3. The van der Waals surface area contributed by atoms with E-state index in [4.69, 9.17) is 0 Å². The monoisotopic (exact) mass is 361 g/mol. The van der Waals surface area contributed by atoms with E-state index in [-0.39, 0.29) is 23.2 Å². The SMILES string of the molecule is C[C@@H]1C(=O)C(C#N)=C[C@]2(c3ccccc3)c3nn(C(=O)CO)cc3CC[C@@H]12. The van der Waals surface area contributed by atoms with Crippen LogP contribution in [0.2, 0.25) is 0 Å². The molecule has 0 unspecified atom stereocenters. The third-order valence-electron chi connectivity index (χ3n) is 5.91. The van der Waals surface area contributed by atoms with Gasteiger partial charge in [0.05, 0.1) is 16.7 Å². The number of hydrogen-bond acceptors (Lipinski definition) is 5. The van der Waals surface area contributed by atoms with Crippen LogP contribution in [0.1, 0.15) is 35.0 Å². The molecule has 0 amide bonds. The topological polar surface area (TPSA) is 96.0 Å². The van der Waals surface area contributed by atoms with Crippen LogP contribution in [-0.2, 0) is 16.6 Å². The molecule has 0 bridgehead atoms. The summed E-state index contributed by atoms with van der Waals surface area (Å²) in [6.07, 6.45) is 4.85. The van der Waals surface area contributed by atoms with Crippen molar-refractivity contribution >= 4 is 11.7 Å². The molecule has 1 N–H and O–H groups in total. The van der Waals surface area contributed by atoms with Gasteiger partial charge in [0.25, 0.3) is 5.91 Å². The molecule has 6 heteroatoms. The van der Waals surface area contributed by atoms with Crippen LogP contribution in [0.25, 0.3) is 0 Å². The Morgan fingerprint density at radius 2 is 2.15 bits per heavy atom. The second-order valence-corrected chi connectivity index (χ2v) is 7.20. The zero-order chi connectivity index (χ0) is 19.2. The Hall–Kier alpha value is -3.04. The Kier molecular flexibility index (Phi) is 4.05. The Bertz CT molecular complexity index is 999. The predicted molar refractivity (Wildman–Crippen MR) is 96.8 cm³/mol. The summed E-state index contributed by atoms with van der Waals surface area (Å²) >= 11 is 0. The molecule has 2 aliphatic rings. The van der Waals surface area contributed by atoms with E-state index in [1.807, 2.05) is 37.3 Å². The smallest absolute Gasteiger partial charge is 0.272 e. The molecule has 136 valence electrons. The number of aliphatic hydroxyl groups excluding tert-OH is 1. The lowest BCUT2D eigenvalue weighted by molar-refractivity contribution is -0.121. The highest BCUT2D eigenvalue weighted by Gasteiger charge is 2.53. The van der Waals surface area contributed by atoms with Gasteiger partial charge in [0.1, 0.15) is 12.7 Å². The fourth-order valence-electron chi connectivity index (χ4n) is 4.64. The van der Waals surface area contributed by atoms with Crippen molar-refractivity contribution in [2.45, 2.75) is 25.2 Å². The van der Waals surface area contributed by atoms with E-state index in [1.54, 1.807) is 12.3 Å². The number of ketones is 1. The van der Waals surface area contributed by atoms with Gasteiger partial charge in [-0.1, -0.05) is 37.3 Å². The molecule has 0 aliphatic heterocycles. The number of benzene rings is 1. The Morgan fingerprint density at radius 3 is 2.81 bits per heavy atom. The predicted octanol–water partition coefficient (Wildman–Crippen LogP) is 2.03. The van der Waals surface area contributed by atoms with Gasteiger partial charge in [-0.3, -0.25) is 9.59 Å². The number of allylic oxidation sites excluding steroid dienone is 2. The lowest BCUT2D eigenvalue weighted by Crippen LogP contribution is -2.48. The lowest BCUT2D eigenvalue weighted by atomic mass is 9.54. The average Bonchev–Trinajstić information content (AvgIpc) is 3.15. The Morgan fingerprint density at radius 1 is 1.41 bits per heavy atom. The van der Waals surface area contributed by atoms with Gasteiger partial charge < -0.3 is 5.11 Å². The van der Waals surface area contributed by atoms with Crippen LogP contribution in [0.4, 0.5) is 0 Å². The third kappa shape index (κ3) is 2.39. The number of Topliss-reactive ketones (excluding diaryl/α,β-unsaturated/α-hetero) is 1. The van der Waals surface area contributed by atoms with E-state index in [0.29, 0.717) is 12.1 Å². The molecule has 0 saturated carbocycles. The van der Waals surface area contributed by atoms with E-state index in [2.05, 4.69) is 11.2 Å². The summed E-state index contributed by atoms with van der Waals surface area (Å²) in [5.74, 6) is -1.02. The van der Waals surface area contributed by atoms with Crippen LogP contribution < -0.4 is 0 Å². The molecule has 6 nitrogen and oxygen atoms in total. The standard InChI is InChI=1S/C21H19N3O3/c1-13-17-8-7-14-11-24(18(26)12-25)23-20(14)21(17,9-15(10-22)19(13)27)16-5-3-2-4-6-16/h2-6,9,11,13,17,25H,7-8,12H2,1H3/t13-,17-,21+/m0/s1. The van der Waals surface area contributed by atoms with Crippen LogP contribution in [0, 0.1) is 23.2 Å². The zero-order valence-corrected chi connectivity index (χ0v) is 14.9. The maximum atomic E-state index is 12.7. The first kappa shape index (κ1) is 17.4. The molecule has 1 aromatic carbocycles. The molecule has 1 aromatic heterocycles. The summed E-state index contributed by atoms with van der Waals surface area (Å²) in [5, 5.41) is 23.3. The van der Waals surface area contributed by atoms with E-state index in [1.165, 1.54) is 4.68 Å². The van der Waals surface area contributed by atoms with E-state index >= 15 is 0 Å². The van der Waals surface area contributed by atoms with Crippen LogP contribution in [0.15, 0.2) is 48.2 Å². The lowest BCUT2D eigenvalue weighted by Gasteiger charge is -2.46. The van der Waals surface area contributed by atoms with Crippen molar-refractivity contribution in [2.24, 2.45) is 11.8 Å². The van der Waals surface area contributed by atoms with Crippen LogP contribution in [-0.4, -0.2) is 33.2 Å². The van der Waals surface area contributed by atoms with Gasteiger partial charge >= 0.3 is 0 Å². The first-order valence-corrected chi connectivity index (χ1v) is 8.98. The zero-order valence-electron chi connectivity index (χ0n) is 14.9. The number of nitrogens with zero attached hydrogens (tertiary/aromatic N) is 3. The minimum absolute atomic E-state index is 0.0513. The Labute approximate surface area is 156 Å². The normalized spacial score (nSPS) is 26.6. The molecular weight excluding hydrogens is 342 g/mol. The molecule has 2 aromatic rings. The highest BCUT2D eigenvalue weighted by molar-refractivity contribution is 6.02. The minimum Gasteiger partial charge on any atom is -0.386 e. The van der Waals surface area contributed by atoms with E-state index < -0.39 is 17.9 Å². The fraction of sp³-hybridized carbons (Fsp3) is 0.333. The van der Waals surface area contributed by atoms with E-state index in [0.717, 1.165) is 17.5 Å². The second kappa shape index (κ2) is 6.29. The van der Waals surface area contributed by atoms with Gasteiger partial charge in [-0.2, -0.15) is 10.4 Å². The van der Waals surface area contributed by atoms with Crippen molar-refractivity contribution in [1.29, 1.82) is 5.26 Å². The number of aryl methyl sites for hydroxylation is 1. The third-order valence-corrected chi connectivity index (χ3v) is 5.91. The first-order valence-electron chi connectivity index (χ1n) is 8.98. The molecule has 0 spiro atoms. The van der Waals surface area contributed by atoms with Crippen molar-refractivity contribution in [3.05, 3.63) is 65.0 Å². The van der Waals surface area contributed by atoms with Crippen LogP contribution >= 0.6 is 0 Å². The number of aromatic nitrogens is 2. The number of rotatable bonds is 2. The summed E-state index contributed by atoms with van der Waals surface area (Å²) in [4.78, 5) is 24.7. The minimum atomic E-state index is -0.742. The van der Waals surface area contributed by atoms with E-state index in [9.17, 15) is 20.0 Å². The van der Waals surface area contributed by atoms with Crippen molar-refractivity contribution in [2.75, 3.05) is 6.61 Å². The first-order chi connectivity index (χ1) is 13.0. The molecule has 2 aliphatic carbocycles. The van der Waals surface area contributed by atoms with Gasteiger partial charge in [-0.15, -0.1) is 0 Å². The van der Waals surface area contributed by atoms with Crippen molar-refractivity contribution < 1.29 is 14.7 Å². The van der Waals surface area contributed by atoms with Gasteiger partial charge in [0, 0.05) is 12.1 Å². The molecule has 4 rings (SSSR count). The summed E-state index contributed by atoms with van der Waals surface area (Å²) in [5.41, 5.74) is 1.95. The summed E-state index contributed by atoms with van der Waals surface area (Å²) < 4.78 is 1.18. The van der Waals surface area contributed by atoms with Crippen molar-refractivity contribution in [1.82, 2.24) is 9.78 Å². The van der Waals surface area contributed by atoms with Gasteiger partial charge in [0.15, 0.2) is 5.78 Å². The summed E-state index contributed by atoms with van der Waals surface area (Å²) in [6, 6.07) is 11.8. The van der Waals surface area contributed by atoms with Gasteiger partial charge in [0.2, 0.25) is 0 Å². The van der Waals surface area contributed by atoms with Gasteiger partial charge in [-0.25, -0.2) is 4.68 Å². The molecule has 0 saturated heterocycles. The Balaban J connectivity index is 2.04. The fourth-order valence-corrected chi connectivity index (χ4v) is 4.64. The summed E-state index contributed by atoms with van der Waals surface area (Å²) in [6.45, 7) is 1.24. The van der Waals surface area contributed by atoms with Crippen molar-refractivity contribution in [3.63, 3.8) is 0 Å². The average molecular weight is 361 g/mol. The number of aliphatic hydroxyl groups is 1. The maximum Gasteiger partial charge on any atom is 0.272 e. The number of hydrogen-bond donors (Lipinski definition) is 1. The number of carbonyl (C=O) groups excluding carboxylic acids is 2. The number of fused-ring (bicyclic) bond motifs is 3. The van der Waals surface area contributed by atoms with Crippen molar-refractivity contribution in [3.8, 4) is 6.07 Å². The molecule has 3 atom stereocenters. The molecule has 0 radical (unpaired) electrons.